The second-order valence-corrected chi connectivity index (χ2v) is 5.69. The number of aromatic nitrogens is 1. The molecule has 0 aromatic carbocycles. The molecule has 1 N–H and O–H groups in total. The fourth-order valence-electron chi connectivity index (χ4n) is 2.14. The van der Waals surface area contributed by atoms with Crippen LogP contribution in [0.3, 0.4) is 0 Å². The zero-order valence-electron chi connectivity index (χ0n) is 9.48. The van der Waals surface area contributed by atoms with Crippen LogP contribution in [0.2, 0.25) is 0 Å². The average molecular weight is 234 g/mol. The van der Waals surface area contributed by atoms with Crippen LogP contribution >= 0.6 is 11.3 Å². The quantitative estimate of drug-likeness (QED) is 0.809. The van der Waals surface area contributed by atoms with Crippen molar-refractivity contribution in [2.24, 2.45) is 0 Å². The first-order valence-corrected chi connectivity index (χ1v) is 7.14. The molecule has 0 saturated heterocycles. The number of hydrogen-bond donors (Lipinski definition) is 1. The van der Waals surface area contributed by atoms with E-state index >= 15 is 0 Å². The molecule has 3 heteroatoms. The van der Waals surface area contributed by atoms with E-state index in [0.717, 1.165) is 12.5 Å². The molecule has 1 saturated carbocycles. The molecule has 0 bridgehead atoms. The third-order valence-electron chi connectivity index (χ3n) is 3.30. The van der Waals surface area contributed by atoms with Crippen molar-refractivity contribution in [3.05, 3.63) is 28.2 Å². The normalized spacial score (nSPS) is 24.9. The summed E-state index contributed by atoms with van der Waals surface area (Å²) in [6, 6.07) is 0.569. The first-order chi connectivity index (χ1) is 7.92. The van der Waals surface area contributed by atoms with Gasteiger partial charge in [0.2, 0.25) is 0 Å². The highest BCUT2D eigenvalue weighted by molar-refractivity contribution is 7.09. The number of rotatable bonds is 4. The number of nitrogens with one attached hydrogen (secondary N) is 1. The van der Waals surface area contributed by atoms with Crippen LogP contribution in [-0.4, -0.2) is 11.0 Å². The summed E-state index contributed by atoms with van der Waals surface area (Å²) in [5.74, 6) is 0.799. The monoisotopic (exact) mass is 234 g/mol. The predicted molar refractivity (Wildman–Crippen MR) is 67.7 cm³/mol. The zero-order valence-corrected chi connectivity index (χ0v) is 10.3. The number of thiazole rings is 1. The van der Waals surface area contributed by atoms with Crippen LogP contribution in [0.25, 0.3) is 0 Å². The maximum Gasteiger partial charge on any atom is 0.0959 e. The van der Waals surface area contributed by atoms with Crippen LogP contribution in [0.15, 0.2) is 17.5 Å². The Kier molecular flexibility index (Phi) is 3.06. The van der Waals surface area contributed by atoms with Gasteiger partial charge < -0.3 is 5.32 Å². The van der Waals surface area contributed by atoms with Gasteiger partial charge in [0.15, 0.2) is 0 Å². The summed E-state index contributed by atoms with van der Waals surface area (Å²) in [5.41, 5.74) is 1.23. The van der Waals surface area contributed by atoms with E-state index in [9.17, 15) is 0 Å². The predicted octanol–water partition coefficient (Wildman–Crippen LogP) is 3.22. The molecule has 0 amide bonds. The van der Waals surface area contributed by atoms with Crippen molar-refractivity contribution in [2.75, 3.05) is 0 Å². The first kappa shape index (κ1) is 10.5. The molecule has 1 heterocycles. The minimum atomic E-state index is 0.569. The van der Waals surface area contributed by atoms with Gasteiger partial charge in [0, 0.05) is 23.9 Å². The van der Waals surface area contributed by atoms with E-state index in [1.54, 1.807) is 0 Å². The van der Waals surface area contributed by atoms with Crippen molar-refractivity contribution in [2.45, 2.75) is 50.6 Å². The smallest absolute Gasteiger partial charge is 0.0959 e. The molecule has 16 heavy (non-hydrogen) atoms. The van der Waals surface area contributed by atoms with Crippen LogP contribution in [0, 0.1) is 0 Å². The van der Waals surface area contributed by atoms with Crippen LogP contribution in [0.1, 0.15) is 48.7 Å². The summed E-state index contributed by atoms with van der Waals surface area (Å²) < 4.78 is 0. The lowest BCUT2D eigenvalue weighted by atomic mass is 10.0. The highest BCUT2D eigenvalue weighted by Crippen LogP contribution is 2.41. The lowest BCUT2D eigenvalue weighted by Crippen LogP contribution is -2.27. The van der Waals surface area contributed by atoms with Gasteiger partial charge in [-0.1, -0.05) is 12.2 Å². The fourth-order valence-corrected chi connectivity index (χ4v) is 3.13. The molecule has 3 rings (SSSR count). The average Bonchev–Trinajstić information content (AvgIpc) is 3.08. The molecule has 0 radical (unpaired) electrons. The molecule has 0 aliphatic heterocycles. The second kappa shape index (κ2) is 4.68. The molecule has 2 nitrogen and oxygen atoms in total. The van der Waals surface area contributed by atoms with Gasteiger partial charge in [-0.3, -0.25) is 0 Å². The SMILES string of the molecule is C1=CC(NCc2csc(C3CC3)n2)CCC1. The molecular formula is C13H18N2S. The van der Waals surface area contributed by atoms with Crippen molar-refractivity contribution in [1.29, 1.82) is 0 Å². The first-order valence-electron chi connectivity index (χ1n) is 6.26. The topological polar surface area (TPSA) is 24.9 Å². The van der Waals surface area contributed by atoms with E-state index in [2.05, 4.69) is 27.8 Å². The maximum atomic E-state index is 4.69. The molecule has 2 aliphatic rings. The Labute approximate surface area is 101 Å². The van der Waals surface area contributed by atoms with Crippen LogP contribution in [-0.2, 0) is 6.54 Å². The summed E-state index contributed by atoms with van der Waals surface area (Å²) in [6.07, 6.45) is 11.1. The molecule has 86 valence electrons. The third kappa shape index (κ3) is 2.53. The van der Waals surface area contributed by atoms with E-state index in [4.69, 9.17) is 0 Å². The van der Waals surface area contributed by atoms with E-state index < -0.39 is 0 Å². The highest BCUT2D eigenvalue weighted by atomic mass is 32.1. The number of allylic oxidation sites excluding steroid dienone is 1. The summed E-state index contributed by atoms with van der Waals surface area (Å²) in [7, 11) is 0. The van der Waals surface area contributed by atoms with Crippen molar-refractivity contribution in [3.63, 3.8) is 0 Å². The van der Waals surface area contributed by atoms with Gasteiger partial charge in [-0.2, -0.15) is 0 Å². The molecule has 1 aromatic rings. The molecule has 1 atom stereocenters. The van der Waals surface area contributed by atoms with Gasteiger partial charge in [0.25, 0.3) is 0 Å². The second-order valence-electron chi connectivity index (χ2n) is 4.80. The Morgan fingerprint density at radius 3 is 3.06 bits per heavy atom. The van der Waals surface area contributed by atoms with Crippen LogP contribution in [0.4, 0.5) is 0 Å². The Morgan fingerprint density at radius 1 is 1.38 bits per heavy atom. The lowest BCUT2D eigenvalue weighted by molar-refractivity contribution is 0.519. The van der Waals surface area contributed by atoms with Gasteiger partial charge in [-0.15, -0.1) is 11.3 Å². The highest BCUT2D eigenvalue weighted by Gasteiger charge is 2.26. The Hall–Kier alpha value is -0.670. The van der Waals surface area contributed by atoms with Gasteiger partial charge in [-0.05, 0) is 32.1 Å². The summed E-state index contributed by atoms with van der Waals surface area (Å²) in [6.45, 7) is 0.929. The van der Waals surface area contributed by atoms with Crippen LogP contribution < -0.4 is 5.32 Å². The minimum Gasteiger partial charge on any atom is -0.305 e. The van der Waals surface area contributed by atoms with Crippen molar-refractivity contribution < 1.29 is 0 Å². The van der Waals surface area contributed by atoms with Crippen LogP contribution in [0.5, 0.6) is 0 Å². The number of nitrogens with zero attached hydrogens (tertiary/aromatic N) is 1. The van der Waals surface area contributed by atoms with E-state index in [1.165, 1.54) is 42.8 Å². The molecule has 1 unspecified atom stereocenters. The van der Waals surface area contributed by atoms with E-state index in [1.807, 2.05) is 11.3 Å². The summed E-state index contributed by atoms with van der Waals surface area (Å²) in [4.78, 5) is 4.69. The number of hydrogen-bond acceptors (Lipinski definition) is 3. The molecule has 2 aliphatic carbocycles. The molecule has 1 aromatic heterocycles. The minimum absolute atomic E-state index is 0.569. The molecule has 0 spiro atoms. The van der Waals surface area contributed by atoms with Gasteiger partial charge in [-0.25, -0.2) is 4.98 Å². The van der Waals surface area contributed by atoms with Gasteiger partial charge in [0.1, 0.15) is 0 Å². The van der Waals surface area contributed by atoms with Crippen molar-refractivity contribution in [3.8, 4) is 0 Å². The third-order valence-corrected chi connectivity index (χ3v) is 4.35. The summed E-state index contributed by atoms with van der Waals surface area (Å²) in [5, 5.41) is 7.14. The Morgan fingerprint density at radius 2 is 2.31 bits per heavy atom. The van der Waals surface area contributed by atoms with E-state index in [0.29, 0.717) is 6.04 Å². The van der Waals surface area contributed by atoms with E-state index in [-0.39, 0.29) is 0 Å². The lowest BCUT2D eigenvalue weighted by Gasteiger charge is -2.17. The van der Waals surface area contributed by atoms with Crippen molar-refractivity contribution >= 4 is 11.3 Å². The zero-order chi connectivity index (χ0) is 10.8. The Bertz CT molecular complexity index is 379. The molecule has 1 fully saturated rings. The largest absolute Gasteiger partial charge is 0.305 e. The molecular weight excluding hydrogens is 216 g/mol. The van der Waals surface area contributed by atoms with Gasteiger partial charge in [0.05, 0.1) is 10.7 Å². The standard InChI is InChI=1S/C13H18N2S/c1-2-4-11(5-3-1)14-8-12-9-16-13(15-12)10-6-7-10/h2,4,9-11,14H,1,3,5-8H2. The van der Waals surface area contributed by atoms with Gasteiger partial charge >= 0.3 is 0 Å². The maximum absolute atomic E-state index is 4.69. The summed E-state index contributed by atoms with van der Waals surface area (Å²) >= 11 is 1.84. The van der Waals surface area contributed by atoms with Crippen molar-refractivity contribution in [1.82, 2.24) is 10.3 Å². The Balaban J connectivity index is 1.52. The fraction of sp³-hybridized carbons (Fsp3) is 0.615.